The second-order valence-corrected chi connectivity index (χ2v) is 6.76. The molecule has 3 unspecified atom stereocenters. The van der Waals surface area contributed by atoms with Gasteiger partial charge in [-0.15, -0.1) is 0 Å². The summed E-state index contributed by atoms with van der Waals surface area (Å²) in [7, 11) is 0. The van der Waals surface area contributed by atoms with Crippen LogP contribution in [0.1, 0.15) is 63.1 Å². The van der Waals surface area contributed by atoms with Gasteiger partial charge in [-0.1, -0.05) is 51.0 Å². The highest BCUT2D eigenvalue weighted by atomic mass is 14.9. The first-order chi connectivity index (χ1) is 9.85. The van der Waals surface area contributed by atoms with E-state index >= 15 is 0 Å². The first-order valence-corrected chi connectivity index (χ1v) is 8.67. The van der Waals surface area contributed by atoms with Gasteiger partial charge in [0.25, 0.3) is 0 Å². The van der Waals surface area contributed by atoms with Gasteiger partial charge in [-0.2, -0.15) is 0 Å². The predicted octanol–water partition coefficient (Wildman–Crippen LogP) is 4.73. The van der Waals surface area contributed by atoms with E-state index in [1.54, 1.807) is 5.56 Å². The lowest BCUT2D eigenvalue weighted by Gasteiger charge is -2.22. The average Bonchev–Trinajstić information content (AvgIpc) is 2.93. The molecule has 0 spiro atoms. The van der Waals surface area contributed by atoms with E-state index in [0.717, 1.165) is 24.3 Å². The molecule has 20 heavy (non-hydrogen) atoms. The fourth-order valence-electron chi connectivity index (χ4n) is 4.38. The van der Waals surface area contributed by atoms with E-state index in [4.69, 9.17) is 0 Å². The van der Waals surface area contributed by atoms with Gasteiger partial charge in [0, 0.05) is 6.04 Å². The minimum absolute atomic E-state index is 0.613. The molecule has 1 N–H and O–H groups in total. The largest absolute Gasteiger partial charge is 0.310 e. The number of benzene rings is 1. The van der Waals surface area contributed by atoms with Crippen molar-refractivity contribution in [2.45, 2.75) is 58.4 Å². The van der Waals surface area contributed by atoms with E-state index < -0.39 is 0 Å². The van der Waals surface area contributed by atoms with Crippen LogP contribution in [0.4, 0.5) is 0 Å². The van der Waals surface area contributed by atoms with Crippen LogP contribution in [0.2, 0.25) is 0 Å². The second-order valence-electron chi connectivity index (χ2n) is 6.76. The minimum Gasteiger partial charge on any atom is -0.310 e. The van der Waals surface area contributed by atoms with Crippen LogP contribution in [0.25, 0.3) is 0 Å². The maximum Gasteiger partial charge on any atom is 0.0354 e. The molecule has 2 aliphatic carbocycles. The van der Waals surface area contributed by atoms with Crippen LogP contribution in [0.5, 0.6) is 0 Å². The molecule has 0 radical (unpaired) electrons. The monoisotopic (exact) mass is 271 g/mol. The molecule has 2 saturated carbocycles. The molecule has 2 aliphatic rings. The van der Waals surface area contributed by atoms with Gasteiger partial charge in [-0.3, -0.25) is 0 Å². The van der Waals surface area contributed by atoms with Gasteiger partial charge in [0.2, 0.25) is 0 Å². The van der Waals surface area contributed by atoms with Gasteiger partial charge in [0.15, 0.2) is 0 Å². The lowest BCUT2D eigenvalue weighted by molar-refractivity contribution is 0.417. The highest BCUT2D eigenvalue weighted by molar-refractivity contribution is 5.29. The zero-order chi connectivity index (χ0) is 13.9. The fraction of sp³-hybridized carbons (Fsp3) is 0.684. The number of hydrogen-bond donors (Lipinski definition) is 1. The van der Waals surface area contributed by atoms with Crippen LogP contribution in [0.15, 0.2) is 24.3 Å². The Morgan fingerprint density at radius 3 is 2.65 bits per heavy atom. The van der Waals surface area contributed by atoms with Crippen molar-refractivity contribution in [1.29, 1.82) is 0 Å². The molecule has 2 fully saturated rings. The Hall–Kier alpha value is -0.820. The molecular weight excluding hydrogens is 242 g/mol. The molecule has 110 valence electrons. The fourth-order valence-corrected chi connectivity index (χ4v) is 4.38. The zero-order valence-corrected chi connectivity index (χ0v) is 13.1. The summed E-state index contributed by atoms with van der Waals surface area (Å²) in [6.07, 6.45) is 8.12. The Morgan fingerprint density at radius 2 is 1.95 bits per heavy atom. The molecule has 1 aromatic carbocycles. The Labute approximate surface area is 124 Å². The molecule has 0 aliphatic heterocycles. The van der Waals surface area contributed by atoms with Crippen LogP contribution in [-0.2, 0) is 6.42 Å². The predicted molar refractivity (Wildman–Crippen MR) is 85.8 cm³/mol. The van der Waals surface area contributed by atoms with Gasteiger partial charge in [0.05, 0.1) is 0 Å². The molecule has 1 nitrogen and oxygen atoms in total. The summed E-state index contributed by atoms with van der Waals surface area (Å²) in [4.78, 5) is 0. The minimum atomic E-state index is 0.613. The third-order valence-corrected chi connectivity index (χ3v) is 5.32. The van der Waals surface area contributed by atoms with Gasteiger partial charge >= 0.3 is 0 Å². The molecule has 0 heterocycles. The summed E-state index contributed by atoms with van der Waals surface area (Å²) >= 11 is 0. The molecule has 3 rings (SSSR count). The van der Waals surface area contributed by atoms with Crippen molar-refractivity contribution < 1.29 is 0 Å². The van der Waals surface area contributed by atoms with Crippen LogP contribution < -0.4 is 5.32 Å². The number of hydrogen-bond acceptors (Lipinski definition) is 1. The van der Waals surface area contributed by atoms with E-state index in [9.17, 15) is 0 Å². The van der Waals surface area contributed by atoms with Gasteiger partial charge in [0.1, 0.15) is 0 Å². The zero-order valence-electron chi connectivity index (χ0n) is 13.1. The maximum atomic E-state index is 3.85. The topological polar surface area (TPSA) is 12.0 Å². The van der Waals surface area contributed by atoms with E-state index in [2.05, 4.69) is 43.4 Å². The van der Waals surface area contributed by atoms with Gasteiger partial charge in [-0.05, 0) is 61.1 Å². The summed E-state index contributed by atoms with van der Waals surface area (Å²) in [5, 5.41) is 3.85. The molecular formula is C19H29N. The summed E-state index contributed by atoms with van der Waals surface area (Å²) in [6, 6.07) is 9.98. The van der Waals surface area contributed by atoms with Crippen molar-refractivity contribution in [2.24, 2.45) is 17.8 Å². The summed E-state index contributed by atoms with van der Waals surface area (Å²) in [5.74, 6) is 2.98. The van der Waals surface area contributed by atoms with E-state index in [1.807, 2.05) is 0 Å². The standard InChI is InChI=1S/C19H29N/c1-3-7-14-8-5-9-15(13-14)19(20-12-4-2)18-16-10-6-11-17(16)18/h5,8-9,13,16-20H,3-4,6-7,10-12H2,1-2H3. The molecule has 0 aromatic heterocycles. The highest BCUT2D eigenvalue weighted by Gasteiger charge is 2.55. The summed E-state index contributed by atoms with van der Waals surface area (Å²) in [6.45, 7) is 5.69. The molecule has 1 aromatic rings. The first-order valence-electron chi connectivity index (χ1n) is 8.67. The summed E-state index contributed by atoms with van der Waals surface area (Å²) < 4.78 is 0. The van der Waals surface area contributed by atoms with Crippen molar-refractivity contribution in [3.05, 3.63) is 35.4 Å². The number of nitrogens with one attached hydrogen (secondary N) is 1. The Morgan fingerprint density at radius 1 is 1.15 bits per heavy atom. The quantitative estimate of drug-likeness (QED) is 0.756. The third-order valence-electron chi connectivity index (χ3n) is 5.32. The van der Waals surface area contributed by atoms with Crippen LogP contribution in [0.3, 0.4) is 0 Å². The lowest BCUT2D eigenvalue weighted by Crippen LogP contribution is -2.25. The van der Waals surface area contributed by atoms with Crippen LogP contribution >= 0.6 is 0 Å². The second kappa shape index (κ2) is 6.30. The average molecular weight is 271 g/mol. The maximum absolute atomic E-state index is 3.85. The SMILES string of the molecule is CCCNC(c1cccc(CCC)c1)C1C2CCCC21. The highest BCUT2D eigenvalue weighted by Crippen LogP contribution is 2.62. The van der Waals surface area contributed by atoms with Crippen molar-refractivity contribution >= 4 is 0 Å². The van der Waals surface area contributed by atoms with E-state index in [0.29, 0.717) is 6.04 Å². The summed E-state index contributed by atoms with van der Waals surface area (Å²) in [5.41, 5.74) is 3.06. The van der Waals surface area contributed by atoms with Crippen molar-refractivity contribution in [3.8, 4) is 0 Å². The molecule has 0 amide bonds. The van der Waals surface area contributed by atoms with Crippen molar-refractivity contribution in [3.63, 3.8) is 0 Å². The Bertz CT molecular complexity index is 429. The van der Waals surface area contributed by atoms with Crippen LogP contribution in [0, 0.1) is 17.8 Å². The first kappa shape index (κ1) is 14.1. The van der Waals surface area contributed by atoms with Gasteiger partial charge in [-0.25, -0.2) is 0 Å². The van der Waals surface area contributed by atoms with Gasteiger partial charge < -0.3 is 5.32 Å². The Kier molecular flexibility index (Phi) is 4.45. The van der Waals surface area contributed by atoms with Crippen molar-refractivity contribution in [2.75, 3.05) is 6.54 Å². The van der Waals surface area contributed by atoms with Crippen molar-refractivity contribution in [1.82, 2.24) is 5.32 Å². The third kappa shape index (κ3) is 2.79. The van der Waals surface area contributed by atoms with Crippen LogP contribution in [-0.4, -0.2) is 6.54 Å². The van der Waals surface area contributed by atoms with E-state index in [1.165, 1.54) is 44.1 Å². The lowest BCUT2D eigenvalue weighted by atomic mass is 9.94. The normalized spacial score (nSPS) is 29.2. The molecule has 0 bridgehead atoms. The molecule has 1 heteroatoms. The Balaban J connectivity index is 1.76. The molecule has 0 saturated heterocycles. The van der Waals surface area contributed by atoms with E-state index in [-0.39, 0.29) is 0 Å². The smallest absolute Gasteiger partial charge is 0.0354 e. The number of fused-ring (bicyclic) bond motifs is 1. The molecule has 3 atom stereocenters. The number of aryl methyl sites for hydroxylation is 1. The number of rotatable bonds is 7.